The number of aromatic nitrogens is 2. The van der Waals surface area contributed by atoms with Gasteiger partial charge in [-0.05, 0) is 19.8 Å². The van der Waals surface area contributed by atoms with Crippen molar-refractivity contribution in [3.05, 3.63) is 47.8 Å². The smallest absolute Gasteiger partial charge is 0.425 e. The summed E-state index contributed by atoms with van der Waals surface area (Å²) in [7, 11) is 0. The average Bonchev–Trinajstić information content (AvgIpc) is 3.34. The molecule has 27 heavy (non-hydrogen) atoms. The highest BCUT2D eigenvalue weighted by atomic mass is 19.4. The lowest BCUT2D eigenvalue weighted by Gasteiger charge is -2.17. The molecule has 2 aromatic rings. The Morgan fingerprint density at radius 1 is 1.30 bits per heavy atom. The van der Waals surface area contributed by atoms with E-state index in [9.17, 15) is 22.0 Å². The molecule has 0 saturated heterocycles. The molecule has 1 aromatic heterocycles. The predicted octanol–water partition coefficient (Wildman–Crippen LogP) is 3.72. The molecule has 1 aliphatic rings. The lowest BCUT2D eigenvalue weighted by Crippen LogP contribution is -2.29. The zero-order valence-electron chi connectivity index (χ0n) is 14.2. The Morgan fingerprint density at radius 2 is 1.93 bits per heavy atom. The van der Waals surface area contributed by atoms with Gasteiger partial charge in [0.1, 0.15) is 5.82 Å². The van der Waals surface area contributed by atoms with Gasteiger partial charge >= 0.3 is 6.18 Å². The van der Waals surface area contributed by atoms with E-state index < -0.39 is 29.8 Å². The SMILES string of the molecule is CC(O/C(N)=C/C(=C\N)c1nc2cc(F)c(F)cc2n1C1CC1)C(F)(F)F. The summed E-state index contributed by atoms with van der Waals surface area (Å²) >= 11 is 0. The lowest BCUT2D eigenvalue weighted by molar-refractivity contribution is -0.203. The average molecular weight is 388 g/mol. The number of benzene rings is 1. The van der Waals surface area contributed by atoms with Gasteiger partial charge in [-0.15, -0.1) is 0 Å². The van der Waals surface area contributed by atoms with Crippen LogP contribution in [0, 0.1) is 11.6 Å². The first kappa shape index (κ1) is 19.0. The quantitative estimate of drug-likeness (QED) is 0.465. The van der Waals surface area contributed by atoms with Crippen molar-refractivity contribution in [2.45, 2.75) is 38.1 Å². The van der Waals surface area contributed by atoms with E-state index in [1.807, 2.05) is 0 Å². The first-order valence-electron chi connectivity index (χ1n) is 8.11. The largest absolute Gasteiger partial charge is 0.467 e. The molecule has 5 nitrogen and oxygen atoms in total. The first-order chi connectivity index (χ1) is 12.6. The molecule has 1 saturated carbocycles. The van der Waals surface area contributed by atoms with Crippen LogP contribution in [0.5, 0.6) is 0 Å². The van der Waals surface area contributed by atoms with Gasteiger partial charge in [0.15, 0.2) is 23.6 Å². The molecule has 1 heterocycles. The summed E-state index contributed by atoms with van der Waals surface area (Å²) in [6.45, 7) is 0.817. The van der Waals surface area contributed by atoms with Crippen molar-refractivity contribution >= 4 is 16.6 Å². The number of fused-ring (bicyclic) bond motifs is 1. The highest BCUT2D eigenvalue weighted by Crippen LogP contribution is 2.40. The van der Waals surface area contributed by atoms with Gasteiger partial charge in [-0.25, -0.2) is 13.8 Å². The molecule has 0 spiro atoms. The Morgan fingerprint density at radius 3 is 2.48 bits per heavy atom. The molecule has 0 bridgehead atoms. The molecule has 0 aliphatic heterocycles. The van der Waals surface area contributed by atoms with Crippen LogP contribution in [-0.2, 0) is 4.74 Å². The molecule has 0 radical (unpaired) electrons. The highest BCUT2D eigenvalue weighted by Gasteiger charge is 2.38. The molecule has 10 heteroatoms. The van der Waals surface area contributed by atoms with Crippen LogP contribution >= 0.6 is 0 Å². The second-order valence-corrected chi connectivity index (χ2v) is 6.26. The maximum atomic E-state index is 13.7. The van der Waals surface area contributed by atoms with Gasteiger partial charge in [-0.3, -0.25) is 0 Å². The van der Waals surface area contributed by atoms with E-state index in [-0.39, 0.29) is 23.0 Å². The van der Waals surface area contributed by atoms with E-state index in [1.54, 1.807) is 4.57 Å². The molecule has 1 atom stereocenters. The zero-order chi connectivity index (χ0) is 19.9. The minimum absolute atomic E-state index is 0.00875. The van der Waals surface area contributed by atoms with Crippen LogP contribution in [0.1, 0.15) is 31.6 Å². The topological polar surface area (TPSA) is 79.1 Å². The number of nitrogens with two attached hydrogens (primary N) is 2. The van der Waals surface area contributed by atoms with Crippen molar-refractivity contribution in [1.29, 1.82) is 0 Å². The third kappa shape index (κ3) is 3.83. The van der Waals surface area contributed by atoms with Crippen molar-refractivity contribution in [3.8, 4) is 0 Å². The maximum absolute atomic E-state index is 13.7. The van der Waals surface area contributed by atoms with Crippen LogP contribution in [0.2, 0.25) is 0 Å². The number of imidazole rings is 1. The molecule has 1 unspecified atom stereocenters. The van der Waals surface area contributed by atoms with Crippen LogP contribution < -0.4 is 11.5 Å². The molecule has 1 aliphatic carbocycles. The summed E-state index contributed by atoms with van der Waals surface area (Å²) < 4.78 is 71.4. The minimum Gasteiger partial charge on any atom is -0.467 e. The van der Waals surface area contributed by atoms with Gasteiger partial charge < -0.3 is 20.8 Å². The minimum atomic E-state index is -4.58. The number of hydrogen-bond donors (Lipinski definition) is 2. The van der Waals surface area contributed by atoms with E-state index in [0.717, 1.165) is 44.2 Å². The number of allylic oxidation sites excluding steroid dienone is 2. The number of hydrogen-bond acceptors (Lipinski definition) is 4. The second-order valence-electron chi connectivity index (χ2n) is 6.26. The fraction of sp³-hybridized carbons (Fsp3) is 0.353. The first-order valence-corrected chi connectivity index (χ1v) is 8.11. The Balaban J connectivity index is 2.02. The molecule has 1 aromatic carbocycles. The van der Waals surface area contributed by atoms with E-state index in [2.05, 4.69) is 9.72 Å². The second kappa shape index (κ2) is 6.75. The maximum Gasteiger partial charge on any atom is 0.425 e. The van der Waals surface area contributed by atoms with Gasteiger partial charge in [0.2, 0.25) is 0 Å². The van der Waals surface area contributed by atoms with Crippen LogP contribution in [-0.4, -0.2) is 21.8 Å². The molecule has 4 N–H and O–H groups in total. The summed E-state index contributed by atoms with van der Waals surface area (Å²) in [5, 5.41) is 0. The van der Waals surface area contributed by atoms with Crippen molar-refractivity contribution in [2.75, 3.05) is 0 Å². The van der Waals surface area contributed by atoms with E-state index >= 15 is 0 Å². The number of ether oxygens (including phenoxy) is 1. The van der Waals surface area contributed by atoms with Gasteiger partial charge in [0.05, 0.1) is 11.0 Å². The third-order valence-electron chi connectivity index (χ3n) is 4.15. The normalized spacial score (nSPS) is 17.4. The number of halogens is 5. The number of rotatable bonds is 5. The standard InChI is InChI=1S/C17H17F5N4O/c1-8(17(20,21)22)27-15(24)4-9(7-23)16-25-13-5-11(18)12(19)6-14(13)26(16)10-2-3-10/h4-8,10H,2-3,23-24H2,1H3/b9-7+,15-4+. The molecule has 1 fully saturated rings. The number of nitrogens with zero attached hydrogens (tertiary/aromatic N) is 2. The summed E-state index contributed by atoms with van der Waals surface area (Å²) in [6.07, 6.45) is -2.89. The summed E-state index contributed by atoms with van der Waals surface area (Å²) in [5.74, 6) is -2.34. The van der Waals surface area contributed by atoms with Gasteiger partial charge in [-0.2, -0.15) is 13.2 Å². The zero-order valence-corrected chi connectivity index (χ0v) is 14.2. The monoisotopic (exact) mass is 388 g/mol. The highest BCUT2D eigenvalue weighted by molar-refractivity contribution is 5.82. The van der Waals surface area contributed by atoms with Crippen molar-refractivity contribution in [1.82, 2.24) is 9.55 Å². The molecular formula is C17H17F5N4O. The lowest BCUT2D eigenvalue weighted by atomic mass is 10.2. The van der Waals surface area contributed by atoms with Crippen LogP contribution in [0.4, 0.5) is 22.0 Å². The predicted molar refractivity (Wildman–Crippen MR) is 89.0 cm³/mol. The van der Waals surface area contributed by atoms with E-state index in [0.29, 0.717) is 5.52 Å². The Kier molecular flexibility index (Phi) is 4.75. The summed E-state index contributed by atoms with van der Waals surface area (Å²) in [4.78, 5) is 4.26. The number of alkyl halides is 3. The van der Waals surface area contributed by atoms with Crippen molar-refractivity contribution in [3.63, 3.8) is 0 Å². The van der Waals surface area contributed by atoms with Gasteiger partial charge in [0, 0.05) is 36.0 Å². The van der Waals surface area contributed by atoms with Crippen LogP contribution in [0.25, 0.3) is 16.6 Å². The summed E-state index contributed by atoms with van der Waals surface area (Å²) in [6, 6.07) is 1.99. The third-order valence-corrected chi connectivity index (χ3v) is 4.15. The Hall–Kier alpha value is -2.78. The Bertz CT molecular complexity index is 928. The van der Waals surface area contributed by atoms with Crippen molar-refractivity contribution in [2.24, 2.45) is 11.5 Å². The molecular weight excluding hydrogens is 371 g/mol. The fourth-order valence-corrected chi connectivity index (χ4v) is 2.64. The van der Waals surface area contributed by atoms with E-state index in [4.69, 9.17) is 11.5 Å². The molecule has 0 amide bonds. The fourth-order valence-electron chi connectivity index (χ4n) is 2.64. The Labute approximate surface area is 151 Å². The summed E-state index contributed by atoms with van der Waals surface area (Å²) in [5.41, 5.74) is 11.9. The van der Waals surface area contributed by atoms with Gasteiger partial charge in [0.25, 0.3) is 0 Å². The van der Waals surface area contributed by atoms with Crippen LogP contribution in [0.3, 0.4) is 0 Å². The molecule has 3 rings (SSSR count). The van der Waals surface area contributed by atoms with Gasteiger partial charge in [-0.1, -0.05) is 0 Å². The molecule has 146 valence electrons. The van der Waals surface area contributed by atoms with Crippen LogP contribution in [0.15, 0.2) is 30.3 Å². The van der Waals surface area contributed by atoms with E-state index in [1.165, 1.54) is 0 Å². The van der Waals surface area contributed by atoms with Crippen molar-refractivity contribution < 1.29 is 26.7 Å².